The number of hydrogen-bond donors (Lipinski definition) is 0. The van der Waals surface area contributed by atoms with Crippen molar-refractivity contribution in [1.29, 1.82) is 0 Å². The van der Waals surface area contributed by atoms with Crippen LogP contribution in [0.2, 0.25) is 0 Å². The molecule has 3 aromatic carbocycles. The van der Waals surface area contributed by atoms with Crippen LogP contribution in [0.25, 0.3) is 53.5 Å². The molecule has 0 bridgehead atoms. The molecule has 2 nitrogen and oxygen atoms in total. The van der Waals surface area contributed by atoms with E-state index in [9.17, 15) is 0 Å². The summed E-state index contributed by atoms with van der Waals surface area (Å²) in [6, 6.07) is 22.2. The summed E-state index contributed by atoms with van der Waals surface area (Å²) in [5.74, 6) is 0.622. The van der Waals surface area contributed by atoms with Crippen LogP contribution in [0.5, 0.6) is 0 Å². The second-order valence-electron chi connectivity index (χ2n) is 11.7. The van der Waals surface area contributed by atoms with Crippen LogP contribution in [0.4, 0.5) is 0 Å². The fourth-order valence-corrected chi connectivity index (χ4v) is 6.81. The summed E-state index contributed by atoms with van der Waals surface area (Å²) in [7, 11) is 0. The molecule has 0 saturated heterocycles. The third-order valence-corrected chi connectivity index (χ3v) is 8.60. The molecule has 0 aliphatic rings. The molecular weight excluding hydrogens is 470 g/mol. The summed E-state index contributed by atoms with van der Waals surface area (Å²) < 4.78 is 7.34. The average Bonchev–Trinajstić information content (AvgIpc) is 3.42. The van der Waals surface area contributed by atoms with Crippen molar-refractivity contribution in [2.45, 2.75) is 53.4 Å². The fraction of sp³-hybridized carbons (Fsp3) is 0.265. The van der Waals surface area contributed by atoms with Crippen molar-refractivity contribution in [1.82, 2.24) is 4.98 Å². The molecule has 3 heteroatoms. The van der Waals surface area contributed by atoms with Gasteiger partial charge < -0.3 is 4.42 Å². The molecule has 0 radical (unpaired) electrons. The molecule has 0 fully saturated rings. The van der Waals surface area contributed by atoms with E-state index in [0.717, 1.165) is 17.7 Å². The summed E-state index contributed by atoms with van der Waals surface area (Å²) in [4.78, 5) is 6.21. The maximum Gasteiger partial charge on any atom is 0.134 e. The lowest BCUT2D eigenvalue weighted by molar-refractivity contribution is 0.596. The van der Waals surface area contributed by atoms with Crippen molar-refractivity contribution < 1.29 is 4.42 Å². The highest BCUT2D eigenvalue weighted by Gasteiger charge is 2.22. The van der Waals surface area contributed by atoms with Gasteiger partial charge in [-0.3, -0.25) is 4.98 Å². The topological polar surface area (TPSA) is 26.0 Å². The third-order valence-electron chi connectivity index (χ3n) is 7.31. The van der Waals surface area contributed by atoms with Gasteiger partial charge in [0.25, 0.3) is 0 Å². The Bertz CT molecular complexity index is 1780. The van der Waals surface area contributed by atoms with Crippen molar-refractivity contribution in [3.05, 3.63) is 89.8 Å². The monoisotopic (exact) mass is 503 g/mol. The van der Waals surface area contributed by atoms with E-state index in [2.05, 4.69) is 102 Å². The number of aromatic nitrogens is 1. The Labute approximate surface area is 223 Å². The largest absolute Gasteiger partial charge is 0.464 e. The summed E-state index contributed by atoms with van der Waals surface area (Å²) in [6.07, 6.45) is 4.95. The molecule has 0 spiro atoms. The van der Waals surface area contributed by atoms with Gasteiger partial charge in [0.05, 0.1) is 5.69 Å². The van der Waals surface area contributed by atoms with E-state index in [-0.39, 0.29) is 5.41 Å². The van der Waals surface area contributed by atoms with Crippen LogP contribution in [0.15, 0.2) is 77.5 Å². The van der Waals surface area contributed by atoms with Gasteiger partial charge in [-0.05, 0) is 76.4 Å². The predicted octanol–water partition coefficient (Wildman–Crippen LogP) is 10.3. The highest BCUT2D eigenvalue weighted by atomic mass is 32.1. The standard InChI is InChI=1S/C34H33NOS/c1-20(2)15-22-11-12-26-27(19-36-29(26)16-22)33-21(3)31-30(37-33)13-14-35-32(31)24-17-23-9-7-8-10-25(23)28(18-24)34(4,5)6/h7-14,16-20H,15H2,1-6H3. The molecule has 0 atom stereocenters. The first-order valence-corrected chi connectivity index (χ1v) is 13.9. The lowest BCUT2D eigenvalue weighted by Gasteiger charge is -2.23. The first-order valence-electron chi connectivity index (χ1n) is 13.1. The van der Waals surface area contributed by atoms with Gasteiger partial charge >= 0.3 is 0 Å². The summed E-state index contributed by atoms with van der Waals surface area (Å²) >= 11 is 1.83. The Morgan fingerprint density at radius 3 is 2.54 bits per heavy atom. The molecule has 6 rings (SSSR count). The van der Waals surface area contributed by atoms with E-state index in [0.29, 0.717) is 5.92 Å². The van der Waals surface area contributed by atoms with Crippen molar-refractivity contribution in [2.75, 3.05) is 0 Å². The van der Waals surface area contributed by atoms with Gasteiger partial charge in [-0.25, -0.2) is 0 Å². The van der Waals surface area contributed by atoms with Crippen LogP contribution in [-0.4, -0.2) is 4.98 Å². The van der Waals surface area contributed by atoms with Crippen LogP contribution < -0.4 is 0 Å². The normalized spacial score (nSPS) is 12.4. The minimum Gasteiger partial charge on any atom is -0.464 e. The molecule has 0 N–H and O–H groups in total. The molecule has 186 valence electrons. The highest BCUT2D eigenvalue weighted by molar-refractivity contribution is 7.22. The van der Waals surface area contributed by atoms with Crippen LogP contribution in [0.3, 0.4) is 0 Å². The van der Waals surface area contributed by atoms with Gasteiger partial charge in [0.1, 0.15) is 11.8 Å². The van der Waals surface area contributed by atoms with Gasteiger partial charge in [0.15, 0.2) is 0 Å². The molecule has 6 aromatic rings. The smallest absolute Gasteiger partial charge is 0.134 e. The first kappa shape index (κ1) is 23.9. The van der Waals surface area contributed by atoms with E-state index in [1.807, 2.05) is 23.8 Å². The first-order chi connectivity index (χ1) is 17.7. The SMILES string of the molecule is Cc1c(-c2coc3cc(CC(C)C)ccc23)sc2ccnc(-c3cc(C(C)(C)C)c4ccccc4c3)c12. The minimum absolute atomic E-state index is 0.0302. The van der Waals surface area contributed by atoms with Crippen LogP contribution in [-0.2, 0) is 11.8 Å². The highest BCUT2D eigenvalue weighted by Crippen LogP contribution is 2.45. The molecule has 0 saturated carbocycles. The average molecular weight is 504 g/mol. The summed E-state index contributed by atoms with van der Waals surface area (Å²) in [6.45, 7) is 13.6. The van der Waals surface area contributed by atoms with E-state index >= 15 is 0 Å². The van der Waals surface area contributed by atoms with E-state index in [4.69, 9.17) is 9.40 Å². The summed E-state index contributed by atoms with van der Waals surface area (Å²) in [5.41, 5.74) is 8.35. The van der Waals surface area contributed by atoms with Crippen molar-refractivity contribution in [3.63, 3.8) is 0 Å². The maximum absolute atomic E-state index is 6.08. The number of hydrogen-bond acceptors (Lipinski definition) is 3. The number of thiophene rings is 1. The number of aryl methyl sites for hydroxylation is 1. The fourth-order valence-electron chi connectivity index (χ4n) is 5.58. The second-order valence-corrected chi connectivity index (χ2v) is 12.7. The van der Waals surface area contributed by atoms with Gasteiger partial charge in [0.2, 0.25) is 0 Å². The number of pyridine rings is 1. The molecule has 3 aromatic heterocycles. The zero-order chi connectivity index (χ0) is 25.9. The number of rotatable bonds is 4. The van der Waals surface area contributed by atoms with E-state index < -0.39 is 0 Å². The van der Waals surface area contributed by atoms with Gasteiger partial charge in [-0.15, -0.1) is 11.3 Å². The molecule has 0 amide bonds. The predicted molar refractivity (Wildman–Crippen MR) is 160 cm³/mol. The van der Waals surface area contributed by atoms with E-state index in [1.165, 1.54) is 58.9 Å². The van der Waals surface area contributed by atoms with Crippen molar-refractivity contribution in [2.24, 2.45) is 5.92 Å². The molecule has 3 heterocycles. The second kappa shape index (κ2) is 8.85. The summed E-state index contributed by atoms with van der Waals surface area (Å²) in [5, 5.41) is 4.99. The number of furan rings is 1. The van der Waals surface area contributed by atoms with Gasteiger partial charge in [-0.1, -0.05) is 71.0 Å². The number of nitrogens with zero attached hydrogens (tertiary/aromatic N) is 1. The Balaban J connectivity index is 1.54. The number of benzene rings is 3. The van der Waals surface area contributed by atoms with Crippen LogP contribution in [0.1, 0.15) is 51.3 Å². The quantitative estimate of drug-likeness (QED) is 0.239. The minimum atomic E-state index is 0.0302. The van der Waals surface area contributed by atoms with Crippen molar-refractivity contribution >= 4 is 43.2 Å². The van der Waals surface area contributed by atoms with Gasteiger partial charge in [-0.2, -0.15) is 0 Å². The maximum atomic E-state index is 6.08. The Morgan fingerprint density at radius 2 is 1.76 bits per heavy atom. The lowest BCUT2D eigenvalue weighted by atomic mass is 9.82. The Hall–Kier alpha value is -3.43. The van der Waals surface area contributed by atoms with E-state index in [1.54, 1.807) is 0 Å². The van der Waals surface area contributed by atoms with Crippen molar-refractivity contribution in [3.8, 4) is 21.7 Å². The zero-order valence-electron chi connectivity index (χ0n) is 22.5. The number of fused-ring (bicyclic) bond motifs is 3. The van der Waals surface area contributed by atoms with Crippen LogP contribution >= 0.6 is 11.3 Å². The molecule has 0 unspecified atom stereocenters. The van der Waals surface area contributed by atoms with Crippen LogP contribution in [0, 0.1) is 12.8 Å². The molecule has 0 aliphatic carbocycles. The van der Waals surface area contributed by atoms with Gasteiger partial charge in [0, 0.05) is 37.7 Å². The Kier molecular flexibility index (Phi) is 5.72. The molecule has 37 heavy (non-hydrogen) atoms. The Morgan fingerprint density at radius 1 is 0.946 bits per heavy atom. The molecule has 0 aliphatic heterocycles. The molecular formula is C34H33NOS. The zero-order valence-corrected chi connectivity index (χ0v) is 23.3. The lowest BCUT2D eigenvalue weighted by Crippen LogP contribution is -2.12. The third kappa shape index (κ3) is 4.16.